The summed E-state index contributed by atoms with van der Waals surface area (Å²) in [5.74, 6) is -0.758. The Labute approximate surface area is 188 Å². The maximum Gasteiger partial charge on any atom is 0.339 e. The molecule has 2 aromatic carbocycles. The minimum absolute atomic E-state index is 0.00289. The van der Waals surface area contributed by atoms with Crippen molar-refractivity contribution >= 4 is 48.6 Å². The zero-order chi connectivity index (χ0) is 23.4. The van der Waals surface area contributed by atoms with Crippen LogP contribution in [0.25, 0.3) is 6.08 Å². The quantitative estimate of drug-likeness (QED) is 0.298. The highest BCUT2D eigenvalue weighted by Crippen LogP contribution is 2.21. The van der Waals surface area contributed by atoms with Crippen LogP contribution >= 0.6 is 11.5 Å². The second-order valence-corrected chi connectivity index (χ2v) is 10.4. The molecule has 1 aromatic heterocycles. The Balaban J connectivity index is 1.73. The highest BCUT2D eigenvalue weighted by molar-refractivity contribution is 7.90. The SMILES string of the molecule is CS(=O)(=O)c1nsc(NC(=O)/C(C#N)=C\c2ccc(OS(=O)(=O)c3ccccc3)cc2)n1. The second-order valence-electron chi connectivity index (χ2n) is 6.20. The second kappa shape index (κ2) is 9.27. The number of nitrogens with zero attached hydrogens (tertiary/aromatic N) is 3. The van der Waals surface area contributed by atoms with Crippen LogP contribution < -0.4 is 9.50 Å². The van der Waals surface area contributed by atoms with E-state index < -0.39 is 31.0 Å². The van der Waals surface area contributed by atoms with Crippen LogP contribution in [0.3, 0.4) is 0 Å². The first-order valence-corrected chi connectivity index (χ1v) is 12.7. The smallest absolute Gasteiger partial charge is 0.339 e. The Morgan fingerprint density at radius 1 is 1.09 bits per heavy atom. The molecule has 32 heavy (non-hydrogen) atoms. The molecular weight excluding hydrogens is 476 g/mol. The number of sulfone groups is 1. The van der Waals surface area contributed by atoms with Gasteiger partial charge in [0, 0.05) is 17.8 Å². The Kier molecular flexibility index (Phi) is 6.68. The van der Waals surface area contributed by atoms with E-state index in [4.69, 9.17) is 4.18 Å². The number of anilines is 1. The molecule has 0 saturated heterocycles. The maximum atomic E-state index is 12.3. The Morgan fingerprint density at radius 3 is 2.31 bits per heavy atom. The van der Waals surface area contributed by atoms with Gasteiger partial charge in [-0.25, -0.2) is 8.42 Å². The molecule has 0 unspecified atom stereocenters. The van der Waals surface area contributed by atoms with Gasteiger partial charge in [0.25, 0.3) is 11.1 Å². The number of hydrogen-bond donors (Lipinski definition) is 1. The summed E-state index contributed by atoms with van der Waals surface area (Å²) < 4.78 is 56.1. The summed E-state index contributed by atoms with van der Waals surface area (Å²) in [5, 5.41) is 11.1. The predicted molar refractivity (Wildman–Crippen MR) is 116 cm³/mol. The van der Waals surface area contributed by atoms with Crippen molar-refractivity contribution in [2.75, 3.05) is 11.6 Å². The number of hydrogen-bond acceptors (Lipinski definition) is 10. The molecule has 0 saturated carbocycles. The first-order valence-electron chi connectivity index (χ1n) is 8.65. The van der Waals surface area contributed by atoms with E-state index in [1.54, 1.807) is 24.3 Å². The van der Waals surface area contributed by atoms with Crippen LogP contribution in [0.5, 0.6) is 5.75 Å². The van der Waals surface area contributed by atoms with Gasteiger partial charge in [-0.1, -0.05) is 30.3 Å². The first-order chi connectivity index (χ1) is 15.1. The lowest BCUT2D eigenvalue weighted by molar-refractivity contribution is -0.112. The van der Waals surface area contributed by atoms with Crippen LogP contribution in [0, 0.1) is 11.3 Å². The molecule has 164 valence electrons. The molecule has 1 N–H and O–H groups in total. The third kappa shape index (κ3) is 5.76. The lowest BCUT2D eigenvalue weighted by Crippen LogP contribution is -2.13. The van der Waals surface area contributed by atoms with Gasteiger partial charge in [-0.3, -0.25) is 10.1 Å². The minimum atomic E-state index is -4.00. The number of benzene rings is 2. The van der Waals surface area contributed by atoms with Crippen LogP contribution in [-0.2, 0) is 24.7 Å². The molecule has 1 amide bonds. The van der Waals surface area contributed by atoms with Crippen molar-refractivity contribution < 1.29 is 25.8 Å². The summed E-state index contributed by atoms with van der Waals surface area (Å²) >= 11 is 0.662. The highest BCUT2D eigenvalue weighted by Gasteiger charge is 2.18. The van der Waals surface area contributed by atoms with Crippen molar-refractivity contribution in [2.24, 2.45) is 0 Å². The van der Waals surface area contributed by atoms with Crippen LogP contribution in [-0.4, -0.2) is 38.4 Å². The van der Waals surface area contributed by atoms with Gasteiger partial charge in [0.1, 0.15) is 22.3 Å². The topological polar surface area (TPSA) is 156 Å². The normalized spacial score (nSPS) is 12.1. The van der Waals surface area contributed by atoms with E-state index in [0.717, 1.165) is 6.26 Å². The summed E-state index contributed by atoms with van der Waals surface area (Å²) in [6, 6.07) is 15.1. The van der Waals surface area contributed by atoms with Gasteiger partial charge in [0.05, 0.1) is 0 Å². The zero-order valence-electron chi connectivity index (χ0n) is 16.3. The van der Waals surface area contributed by atoms with E-state index in [2.05, 4.69) is 14.7 Å². The van der Waals surface area contributed by atoms with E-state index in [0.29, 0.717) is 17.1 Å². The molecule has 3 rings (SSSR count). The number of nitrogens with one attached hydrogen (secondary N) is 1. The predicted octanol–water partition coefficient (Wildman–Crippen LogP) is 2.25. The molecule has 0 aliphatic carbocycles. The van der Waals surface area contributed by atoms with Gasteiger partial charge >= 0.3 is 10.1 Å². The number of nitriles is 1. The van der Waals surface area contributed by atoms with Gasteiger partial charge in [0.15, 0.2) is 0 Å². The minimum Gasteiger partial charge on any atom is -0.379 e. The van der Waals surface area contributed by atoms with Crippen LogP contribution in [0.15, 0.2) is 70.2 Å². The van der Waals surface area contributed by atoms with Gasteiger partial charge in [-0.2, -0.15) is 23.0 Å². The first kappa shape index (κ1) is 23.1. The number of carbonyl (C=O) groups is 1. The Morgan fingerprint density at radius 2 is 1.75 bits per heavy atom. The molecular formula is C19H14N4O6S3. The molecule has 0 radical (unpaired) electrons. The van der Waals surface area contributed by atoms with Crippen molar-refractivity contribution in [3.63, 3.8) is 0 Å². The average Bonchev–Trinajstić information content (AvgIpc) is 3.22. The fourth-order valence-electron chi connectivity index (χ4n) is 2.27. The maximum absolute atomic E-state index is 12.3. The van der Waals surface area contributed by atoms with Gasteiger partial charge in [-0.05, 0) is 35.9 Å². The van der Waals surface area contributed by atoms with Crippen molar-refractivity contribution in [3.05, 3.63) is 65.7 Å². The van der Waals surface area contributed by atoms with Crippen molar-refractivity contribution in [2.45, 2.75) is 10.1 Å². The number of carbonyl (C=O) groups excluding carboxylic acids is 1. The summed E-state index contributed by atoms with van der Waals surface area (Å²) in [7, 11) is -7.62. The van der Waals surface area contributed by atoms with Crippen molar-refractivity contribution in [3.8, 4) is 11.8 Å². The lowest BCUT2D eigenvalue weighted by Gasteiger charge is -2.07. The number of amides is 1. The Bertz CT molecular complexity index is 1420. The summed E-state index contributed by atoms with van der Waals surface area (Å²) in [6.45, 7) is 0. The average molecular weight is 491 g/mol. The summed E-state index contributed by atoms with van der Waals surface area (Å²) in [4.78, 5) is 16.0. The van der Waals surface area contributed by atoms with E-state index in [-0.39, 0.29) is 21.3 Å². The van der Waals surface area contributed by atoms with E-state index in [1.807, 2.05) is 0 Å². The monoisotopic (exact) mass is 490 g/mol. The van der Waals surface area contributed by atoms with Gasteiger partial charge in [0.2, 0.25) is 15.0 Å². The van der Waals surface area contributed by atoms with Crippen molar-refractivity contribution in [1.82, 2.24) is 9.36 Å². The number of aromatic nitrogens is 2. The molecule has 0 aliphatic heterocycles. The fraction of sp³-hybridized carbons (Fsp3) is 0.0526. The molecule has 10 nitrogen and oxygen atoms in total. The lowest BCUT2D eigenvalue weighted by atomic mass is 10.1. The van der Waals surface area contributed by atoms with Crippen LogP contribution in [0.2, 0.25) is 0 Å². The standard InChI is InChI=1S/C19H14N4O6S3/c1-31(25,26)19-22-18(30-23-19)21-17(24)14(12-20)11-13-7-9-15(10-8-13)29-32(27,28)16-5-3-2-4-6-16/h2-11H,1H3,(H,21,22,23,24)/b14-11-. The fourth-order valence-corrected chi connectivity index (χ4v) is 4.66. The molecule has 0 aliphatic rings. The summed E-state index contributed by atoms with van der Waals surface area (Å²) in [6.07, 6.45) is 2.20. The van der Waals surface area contributed by atoms with Crippen molar-refractivity contribution in [1.29, 1.82) is 5.26 Å². The molecule has 1 heterocycles. The molecule has 3 aromatic rings. The molecule has 0 atom stereocenters. The van der Waals surface area contributed by atoms with E-state index in [9.17, 15) is 26.9 Å². The molecule has 0 spiro atoms. The van der Waals surface area contributed by atoms with E-state index >= 15 is 0 Å². The molecule has 13 heteroatoms. The van der Waals surface area contributed by atoms with Gasteiger partial charge in [-0.15, -0.1) is 0 Å². The highest BCUT2D eigenvalue weighted by atomic mass is 32.2. The van der Waals surface area contributed by atoms with Crippen LogP contribution in [0.4, 0.5) is 5.13 Å². The zero-order valence-corrected chi connectivity index (χ0v) is 18.7. The molecule has 0 bridgehead atoms. The summed E-state index contributed by atoms with van der Waals surface area (Å²) in [5.41, 5.74) is 0.141. The largest absolute Gasteiger partial charge is 0.379 e. The number of rotatable bonds is 7. The third-order valence-corrected chi connectivity index (χ3v) is 6.61. The third-order valence-electron chi connectivity index (χ3n) is 3.75. The van der Waals surface area contributed by atoms with Gasteiger partial charge < -0.3 is 4.18 Å². The van der Waals surface area contributed by atoms with Crippen LogP contribution in [0.1, 0.15) is 5.56 Å². The Hall–Kier alpha value is -3.60. The van der Waals surface area contributed by atoms with E-state index in [1.165, 1.54) is 42.5 Å². The molecule has 0 fully saturated rings.